The van der Waals surface area contributed by atoms with Gasteiger partial charge in [-0.15, -0.1) is 0 Å². The van der Waals surface area contributed by atoms with E-state index in [9.17, 15) is 48.3 Å². The Kier molecular flexibility index (Phi) is 19.8. The summed E-state index contributed by atoms with van der Waals surface area (Å²) < 4.78 is 0. The van der Waals surface area contributed by atoms with Crippen molar-refractivity contribution in [2.45, 2.75) is 161 Å². The molecular weight excluding hydrogens is 714 g/mol. The molecule has 1 aliphatic heterocycles. The second kappa shape index (κ2) is 23.4. The van der Waals surface area contributed by atoms with Gasteiger partial charge in [-0.3, -0.25) is 33.6 Å². The van der Waals surface area contributed by atoms with E-state index >= 15 is 0 Å². The Morgan fingerprint density at radius 1 is 0.709 bits per heavy atom. The minimum atomic E-state index is -1.42. The van der Waals surface area contributed by atoms with Crippen LogP contribution in [0.4, 0.5) is 0 Å². The molecule has 310 valence electrons. The Morgan fingerprint density at radius 3 is 1.82 bits per heavy atom. The molecule has 0 aromatic heterocycles. The summed E-state index contributed by atoms with van der Waals surface area (Å²) in [5.74, 6) is -5.84. The highest BCUT2D eigenvalue weighted by atomic mass is 16.4. The fourth-order valence-corrected chi connectivity index (χ4v) is 7.25. The van der Waals surface area contributed by atoms with Crippen molar-refractivity contribution in [2.75, 3.05) is 6.54 Å². The van der Waals surface area contributed by atoms with Gasteiger partial charge in [-0.25, -0.2) is 4.79 Å². The van der Waals surface area contributed by atoms with Gasteiger partial charge in [-0.2, -0.15) is 0 Å². The molecule has 17 heteroatoms. The molecule has 8 N–H and O–H groups in total. The first kappa shape index (κ1) is 46.6. The van der Waals surface area contributed by atoms with Crippen LogP contribution in [0.25, 0.3) is 0 Å². The number of hydrogen-bond donors (Lipinski definition) is 7. The Balaban J connectivity index is 2.31. The standard InChI is InChI=1S/C38H63N7O10/c1-22(2)19-29(37(53)45-17-10-9-13-31(45)36(52)44-30(38(54)55)20-23(3)4)43-34(50)27(16-18-46)41-35(51)28(21-25-11-7-6-8-12-25)42-33(49)26(40-24(5)47)14-15-32(39)48/h18,22-23,25-31H,6-17,19-21H2,1-5H3,(H2,39,48)(H,40,47)(H,41,51)(H,42,49)(H,43,50)(H,44,52)(H,54,55)/t26?,27-,28-,29-,30-,31?/m0/s1. The third-order valence-corrected chi connectivity index (χ3v) is 10.00. The molecule has 2 aliphatic rings. The first-order valence-corrected chi connectivity index (χ1v) is 19.7. The van der Waals surface area contributed by atoms with E-state index < -0.39 is 90.0 Å². The number of hydrogen-bond acceptors (Lipinski definition) is 9. The summed E-state index contributed by atoms with van der Waals surface area (Å²) in [6, 6.07) is -6.97. The Morgan fingerprint density at radius 2 is 1.25 bits per heavy atom. The number of rotatable bonds is 22. The van der Waals surface area contributed by atoms with E-state index in [0.717, 1.165) is 32.1 Å². The van der Waals surface area contributed by atoms with Crippen molar-refractivity contribution in [1.82, 2.24) is 31.5 Å². The quantitative estimate of drug-likeness (QED) is 0.0761. The summed E-state index contributed by atoms with van der Waals surface area (Å²) in [6.45, 7) is 8.78. The zero-order valence-electron chi connectivity index (χ0n) is 33.0. The maximum atomic E-state index is 14.1. The first-order chi connectivity index (χ1) is 25.9. The van der Waals surface area contributed by atoms with E-state index in [1.807, 2.05) is 27.7 Å². The summed E-state index contributed by atoms with van der Waals surface area (Å²) in [5.41, 5.74) is 5.26. The van der Waals surface area contributed by atoms with Crippen LogP contribution in [0.2, 0.25) is 0 Å². The number of piperidine rings is 1. The summed E-state index contributed by atoms with van der Waals surface area (Å²) in [7, 11) is 0. The highest BCUT2D eigenvalue weighted by Gasteiger charge is 2.39. The van der Waals surface area contributed by atoms with Crippen LogP contribution >= 0.6 is 0 Å². The molecule has 6 atom stereocenters. The van der Waals surface area contributed by atoms with Crippen molar-refractivity contribution in [3.05, 3.63) is 0 Å². The molecule has 2 fully saturated rings. The zero-order valence-corrected chi connectivity index (χ0v) is 33.0. The van der Waals surface area contributed by atoms with Gasteiger partial charge in [0, 0.05) is 26.3 Å². The SMILES string of the molecule is CC(=O)NC(CCC(N)=O)C(=O)N[C@@H](CC1CCCCC1)C(=O)N[C@@H](CC=O)C(=O)N[C@@H](CC(C)C)C(=O)N1CCCCC1C(=O)N[C@@H](CC(C)C)C(=O)O. The second-order valence-corrected chi connectivity index (χ2v) is 15.8. The summed E-state index contributed by atoms with van der Waals surface area (Å²) in [5, 5.41) is 22.7. The molecule has 17 nitrogen and oxygen atoms in total. The van der Waals surface area contributed by atoms with Crippen LogP contribution in [-0.4, -0.2) is 106 Å². The second-order valence-electron chi connectivity index (χ2n) is 15.8. The van der Waals surface area contributed by atoms with Crippen LogP contribution in [0, 0.1) is 17.8 Å². The third-order valence-electron chi connectivity index (χ3n) is 10.00. The molecule has 7 amide bonds. The van der Waals surface area contributed by atoms with Crippen molar-refractivity contribution in [2.24, 2.45) is 23.5 Å². The van der Waals surface area contributed by atoms with Crippen molar-refractivity contribution >= 4 is 53.6 Å². The molecule has 1 saturated carbocycles. The number of likely N-dealkylation sites (tertiary alicyclic amines) is 1. The van der Waals surface area contributed by atoms with Crippen LogP contribution in [0.5, 0.6) is 0 Å². The smallest absolute Gasteiger partial charge is 0.326 e. The average molecular weight is 778 g/mol. The molecule has 0 bridgehead atoms. The first-order valence-electron chi connectivity index (χ1n) is 19.7. The van der Waals surface area contributed by atoms with E-state index in [1.54, 1.807) is 0 Å². The maximum absolute atomic E-state index is 14.1. The number of nitrogens with zero attached hydrogens (tertiary/aromatic N) is 1. The van der Waals surface area contributed by atoms with Gasteiger partial charge in [0.15, 0.2) is 0 Å². The van der Waals surface area contributed by atoms with Gasteiger partial charge in [0.05, 0.1) is 0 Å². The molecular formula is C38H63N7O10. The number of carboxylic acid groups (broad SMARTS) is 1. The summed E-state index contributed by atoms with van der Waals surface area (Å²) >= 11 is 0. The molecule has 2 rings (SSSR count). The van der Waals surface area contributed by atoms with Crippen LogP contribution in [-0.2, 0) is 43.2 Å². The normalized spacial score (nSPS) is 18.9. The molecule has 0 aromatic carbocycles. The van der Waals surface area contributed by atoms with E-state index in [2.05, 4.69) is 26.6 Å². The highest BCUT2D eigenvalue weighted by Crippen LogP contribution is 2.28. The fourth-order valence-electron chi connectivity index (χ4n) is 7.25. The third kappa shape index (κ3) is 16.4. The van der Waals surface area contributed by atoms with Gasteiger partial charge in [0.1, 0.15) is 42.5 Å². The molecule has 0 spiro atoms. The Bertz CT molecular complexity index is 1370. The van der Waals surface area contributed by atoms with Gasteiger partial charge < -0.3 is 47.1 Å². The monoisotopic (exact) mass is 777 g/mol. The zero-order chi connectivity index (χ0) is 41.2. The molecule has 0 radical (unpaired) electrons. The molecule has 1 heterocycles. The van der Waals surface area contributed by atoms with Gasteiger partial charge >= 0.3 is 5.97 Å². The molecule has 1 aliphatic carbocycles. The van der Waals surface area contributed by atoms with Gasteiger partial charge in [0.2, 0.25) is 41.4 Å². The van der Waals surface area contributed by atoms with Crippen molar-refractivity contribution in [3.8, 4) is 0 Å². The number of primary amides is 1. The molecule has 1 saturated heterocycles. The lowest BCUT2D eigenvalue weighted by Gasteiger charge is -2.38. The lowest BCUT2D eigenvalue weighted by Crippen LogP contribution is -2.61. The maximum Gasteiger partial charge on any atom is 0.326 e. The lowest BCUT2D eigenvalue weighted by atomic mass is 9.84. The Hall–Kier alpha value is -4.57. The van der Waals surface area contributed by atoms with E-state index in [0.29, 0.717) is 25.5 Å². The van der Waals surface area contributed by atoms with Crippen LogP contribution < -0.4 is 32.3 Å². The van der Waals surface area contributed by atoms with Gasteiger partial charge in [-0.1, -0.05) is 59.8 Å². The van der Waals surface area contributed by atoms with Gasteiger partial charge in [0.25, 0.3) is 0 Å². The average Bonchev–Trinajstić information content (AvgIpc) is 3.11. The highest BCUT2D eigenvalue weighted by molar-refractivity contribution is 5.97. The fraction of sp³-hybridized carbons (Fsp3) is 0.763. The molecule has 2 unspecified atom stereocenters. The molecule has 55 heavy (non-hydrogen) atoms. The predicted molar refractivity (Wildman–Crippen MR) is 202 cm³/mol. The predicted octanol–water partition coefficient (Wildman–Crippen LogP) is 0.813. The topological polar surface area (TPSA) is 263 Å². The summed E-state index contributed by atoms with van der Waals surface area (Å²) in [6.07, 6.45) is 6.40. The minimum absolute atomic E-state index is 0.0105. The van der Waals surface area contributed by atoms with Gasteiger partial charge in [-0.05, 0) is 62.7 Å². The van der Waals surface area contributed by atoms with Crippen molar-refractivity contribution in [1.29, 1.82) is 0 Å². The summed E-state index contributed by atoms with van der Waals surface area (Å²) in [4.78, 5) is 117. The van der Waals surface area contributed by atoms with E-state index in [-0.39, 0.29) is 56.4 Å². The number of nitrogens with one attached hydrogen (secondary N) is 5. The number of carbonyl (C=O) groups excluding carboxylic acids is 8. The lowest BCUT2D eigenvalue weighted by molar-refractivity contribution is -0.148. The van der Waals surface area contributed by atoms with Crippen LogP contribution in [0.15, 0.2) is 0 Å². The molecule has 0 aromatic rings. The van der Waals surface area contributed by atoms with E-state index in [4.69, 9.17) is 5.73 Å². The van der Waals surface area contributed by atoms with Crippen LogP contribution in [0.1, 0.15) is 125 Å². The minimum Gasteiger partial charge on any atom is -0.480 e. The van der Waals surface area contributed by atoms with Crippen LogP contribution in [0.3, 0.4) is 0 Å². The van der Waals surface area contributed by atoms with E-state index in [1.165, 1.54) is 11.8 Å². The van der Waals surface area contributed by atoms with Crippen molar-refractivity contribution < 1.29 is 48.3 Å². The number of carboxylic acids is 1. The number of carbonyl (C=O) groups is 9. The number of aldehydes is 1. The number of amides is 7. The number of nitrogens with two attached hydrogens (primary N) is 1. The number of aliphatic carboxylic acids is 1. The Labute approximate surface area is 323 Å². The van der Waals surface area contributed by atoms with Crippen molar-refractivity contribution in [3.63, 3.8) is 0 Å². The largest absolute Gasteiger partial charge is 0.480 e.